The summed E-state index contributed by atoms with van der Waals surface area (Å²) in [5, 5.41) is 12.8. The van der Waals surface area contributed by atoms with E-state index in [1.165, 1.54) is 53.2 Å². The highest BCUT2D eigenvalue weighted by Crippen LogP contribution is 2.48. The van der Waals surface area contributed by atoms with Crippen LogP contribution >= 0.6 is 11.3 Å². The Morgan fingerprint density at radius 3 is 2.09 bits per heavy atom. The fourth-order valence-corrected chi connectivity index (χ4v) is 9.34. The molecule has 2 unspecified atom stereocenters. The van der Waals surface area contributed by atoms with Crippen LogP contribution in [-0.4, -0.2) is 5.84 Å². The van der Waals surface area contributed by atoms with Gasteiger partial charge in [0.05, 0.1) is 10.4 Å². The molecule has 1 aromatic heterocycles. The maximum absolute atomic E-state index is 5.26. The zero-order chi connectivity index (χ0) is 35.8. The van der Waals surface area contributed by atoms with Gasteiger partial charge in [-0.1, -0.05) is 146 Å². The van der Waals surface area contributed by atoms with E-state index >= 15 is 0 Å². The number of hydrogen-bond donors (Lipinski definition) is 2. The lowest BCUT2D eigenvalue weighted by Gasteiger charge is -2.33. The minimum absolute atomic E-state index is 0.158. The van der Waals surface area contributed by atoms with E-state index in [4.69, 9.17) is 4.99 Å². The Hall–Kier alpha value is -6.27. The molecule has 54 heavy (non-hydrogen) atoms. The summed E-state index contributed by atoms with van der Waals surface area (Å²) in [5.74, 6) is 0.967. The van der Waals surface area contributed by atoms with Gasteiger partial charge < -0.3 is 10.2 Å². The first-order chi connectivity index (χ1) is 26.8. The van der Waals surface area contributed by atoms with Crippen LogP contribution in [-0.2, 0) is 0 Å². The van der Waals surface area contributed by atoms with Crippen molar-refractivity contribution in [2.75, 3.05) is 4.90 Å². The molecule has 0 fully saturated rings. The molecule has 0 amide bonds. The molecule has 0 saturated heterocycles. The molecular formula is C49H38N4S. The van der Waals surface area contributed by atoms with Gasteiger partial charge in [-0.3, -0.25) is 5.32 Å². The van der Waals surface area contributed by atoms with E-state index in [1.807, 2.05) is 11.3 Å². The molecule has 0 saturated carbocycles. The lowest BCUT2D eigenvalue weighted by molar-refractivity contribution is 0.410. The van der Waals surface area contributed by atoms with Gasteiger partial charge in [-0.2, -0.15) is 0 Å². The number of anilines is 3. The maximum Gasteiger partial charge on any atom is 0.129 e. The average Bonchev–Trinajstić information content (AvgIpc) is 3.66. The Morgan fingerprint density at radius 1 is 0.630 bits per heavy atom. The van der Waals surface area contributed by atoms with Gasteiger partial charge in [-0.05, 0) is 82.3 Å². The highest BCUT2D eigenvalue weighted by molar-refractivity contribution is 7.26. The van der Waals surface area contributed by atoms with Crippen molar-refractivity contribution in [3.63, 3.8) is 0 Å². The number of aliphatic imine (C=N–C) groups is 1. The Morgan fingerprint density at radius 2 is 1.31 bits per heavy atom. The highest BCUT2D eigenvalue weighted by atomic mass is 32.1. The quantitative estimate of drug-likeness (QED) is 0.173. The van der Waals surface area contributed by atoms with E-state index in [0.717, 1.165) is 41.3 Å². The fourth-order valence-electron chi connectivity index (χ4n) is 7.98. The third-order valence-corrected chi connectivity index (χ3v) is 11.9. The second kappa shape index (κ2) is 13.9. The molecule has 2 atom stereocenters. The van der Waals surface area contributed by atoms with Gasteiger partial charge in [0, 0.05) is 32.4 Å². The van der Waals surface area contributed by atoms with Crippen LogP contribution in [0.25, 0.3) is 42.1 Å². The van der Waals surface area contributed by atoms with Gasteiger partial charge in [-0.25, -0.2) is 4.99 Å². The molecule has 5 heteroatoms. The van der Waals surface area contributed by atoms with Crippen LogP contribution in [0.15, 0.2) is 193 Å². The molecule has 2 heterocycles. The molecule has 4 nitrogen and oxygen atoms in total. The van der Waals surface area contributed by atoms with Gasteiger partial charge in [-0.15, -0.1) is 11.3 Å². The van der Waals surface area contributed by atoms with Crippen LogP contribution in [0.5, 0.6) is 0 Å². The van der Waals surface area contributed by atoms with Gasteiger partial charge >= 0.3 is 0 Å². The number of nitrogens with zero attached hydrogens (tertiary/aromatic N) is 2. The topological polar surface area (TPSA) is 39.7 Å². The first-order valence-electron chi connectivity index (χ1n) is 18.7. The van der Waals surface area contributed by atoms with Crippen LogP contribution in [0.1, 0.15) is 36.3 Å². The van der Waals surface area contributed by atoms with Crippen LogP contribution in [0.2, 0.25) is 0 Å². The molecule has 1 aliphatic carbocycles. The van der Waals surface area contributed by atoms with E-state index in [-0.39, 0.29) is 12.3 Å². The lowest BCUT2D eigenvalue weighted by atomic mass is 9.97. The molecule has 0 bridgehead atoms. The summed E-state index contributed by atoms with van der Waals surface area (Å²) in [5.41, 5.74) is 9.45. The smallest absolute Gasteiger partial charge is 0.129 e. The van der Waals surface area contributed by atoms with E-state index < -0.39 is 0 Å². The molecule has 0 radical (unpaired) electrons. The molecular weight excluding hydrogens is 677 g/mol. The molecule has 1 aliphatic heterocycles. The molecule has 2 aliphatic rings. The van der Waals surface area contributed by atoms with Crippen LogP contribution in [0.4, 0.5) is 17.1 Å². The second-order valence-electron chi connectivity index (χ2n) is 13.9. The van der Waals surface area contributed by atoms with Crippen molar-refractivity contribution in [3.8, 4) is 11.1 Å². The van der Waals surface area contributed by atoms with Gasteiger partial charge in [0.15, 0.2) is 0 Å². The van der Waals surface area contributed by atoms with E-state index in [9.17, 15) is 0 Å². The van der Waals surface area contributed by atoms with Crippen molar-refractivity contribution in [1.82, 2.24) is 10.6 Å². The van der Waals surface area contributed by atoms with Crippen LogP contribution < -0.4 is 15.5 Å². The number of benzene rings is 7. The summed E-state index contributed by atoms with van der Waals surface area (Å²) in [7, 11) is 0. The van der Waals surface area contributed by atoms with Crippen molar-refractivity contribution in [2.24, 2.45) is 4.99 Å². The standard InChI is InChI=1S/C49H38N4S/c1-5-16-33(17-6-1)34-28-30-39(31-29-34)53(38-23-11-4-12-24-38)43-27-15-26-41-44-40-25-14-13-22-37(40)32-42(46(44)54-45(41)43)49-51-47(35-18-7-2-8-19-35)50-48(52-49)36-20-9-3-10-21-36/h1-9,11-20,22-32,47,49,51H,10,21H2,(H,50,52). The van der Waals surface area contributed by atoms with Crippen LogP contribution in [0, 0.1) is 0 Å². The van der Waals surface area contributed by atoms with Crippen molar-refractivity contribution in [3.05, 3.63) is 199 Å². The van der Waals surface area contributed by atoms with Crippen molar-refractivity contribution >= 4 is 65.2 Å². The van der Waals surface area contributed by atoms with Crippen LogP contribution in [0.3, 0.4) is 0 Å². The number of thiophene rings is 1. The largest absolute Gasteiger partial charge is 0.351 e. The SMILES string of the molecule is C1=CCCC(C2=NC(c3ccccc3)NC(c3cc4ccccc4c4c3sc3c(N(c5ccccc5)c5ccc(-c6ccccc6)cc5)cccc34)N2)=C1. The number of hydrogen-bond acceptors (Lipinski definition) is 5. The zero-order valence-corrected chi connectivity index (χ0v) is 30.5. The van der Waals surface area contributed by atoms with E-state index in [1.54, 1.807) is 0 Å². The summed E-state index contributed by atoms with van der Waals surface area (Å²) in [6.07, 6.45) is 8.26. The lowest BCUT2D eigenvalue weighted by Crippen LogP contribution is -2.45. The fraction of sp³-hybridized carbons (Fsp3) is 0.0816. The first-order valence-corrected chi connectivity index (χ1v) is 19.5. The molecule has 2 N–H and O–H groups in total. The molecule has 10 rings (SSSR count). The predicted molar refractivity (Wildman–Crippen MR) is 229 cm³/mol. The van der Waals surface area contributed by atoms with Gasteiger partial charge in [0.2, 0.25) is 0 Å². The minimum Gasteiger partial charge on any atom is -0.351 e. The van der Waals surface area contributed by atoms with Crippen molar-refractivity contribution in [2.45, 2.75) is 25.2 Å². The number of fused-ring (bicyclic) bond motifs is 5. The zero-order valence-electron chi connectivity index (χ0n) is 29.7. The van der Waals surface area contributed by atoms with E-state index in [0.29, 0.717) is 0 Å². The third-order valence-electron chi connectivity index (χ3n) is 10.6. The molecule has 0 spiro atoms. The molecule has 7 aromatic carbocycles. The highest BCUT2D eigenvalue weighted by Gasteiger charge is 2.29. The number of amidine groups is 1. The van der Waals surface area contributed by atoms with E-state index in [2.05, 4.69) is 198 Å². The first kappa shape index (κ1) is 32.4. The number of nitrogens with one attached hydrogen (secondary N) is 2. The third kappa shape index (κ3) is 5.88. The summed E-state index contributed by atoms with van der Waals surface area (Å²) in [6.45, 7) is 0. The Labute approximate surface area is 319 Å². The normalized spacial score (nSPS) is 17.0. The Balaban J connectivity index is 1.16. The number of rotatable bonds is 7. The number of para-hydroxylation sites is 1. The van der Waals surface area contributed by atoms with Gasteiger partial charge in [0.1, 0.15) is 18.2 Å². The Bertz CT molecular complexity index is 2710. The van der Waals surface area contributed by atoms with Crippen molar-refractivity contribution in [1.29, 1.82) is 0 Å². The monoisotopic (exact) mass is 714 g/mol. The second-order valence-corrected chi connectivity index (χ2v) is 14.9. The summed E-state index contributed by atoms with van der Waals surface area (Å²) >= 11 is 1.89. The summed E-state index contributed by atoms with van der Waals surface area (Å²) in [6, 6.07) is 58.9. The summed E-state index contributed by atoms with van der Waals surface area (Å²) in [4.78, 5) is 7.66. The molecule has 260 valence electrons. The minimum atomic E-state index is -0.182. The summed E-state index contributed by atoms with van der Waals surface area (Å²) < 4.78 is 2.53. The predicted octanol–water partition coefficient (Wildman–Crippen LogP) is 12.9. The van der Waals surface area contributed by atoms with Gasteiger partial charge in [0.25, 0.3) is 0 Å². The molecule has 8 aromatic rings. The maximum atomic E-state index is 5.26. The average molecular weight is 715 g/mol. The Kier molecular flexibility index (Phi) is 8.36. The van der Waals surface area contributed by atoms with Crippen molar-refractivity contribution < 1.29 is 0 Å². The number of allylic oxidation sites excluding steroid dienone is 3.